The molecule has 1 aromatic heterocycles. The summed E-state index contributed by atoms with van der Waals surface area (Å²) in [5.41, 5.74) is 2.03. The summed E-state index contributed by atoms with van der Waals surface area (Å²) in [7, 11) is 1.63. The number of carbonyl (C=O) groups is 1. The minimum Gasteiger partial charge on any atom is -0.497 e. The van der Waals surface area contributed by atoms with Crippen molar-refractivity contribution in [3.63, 3.8) is 0 Å². The topological polar surface area (TPSA) is 48.1 Å². The first-order valence-electron chi connectivity index (χ1n) is 7.98. The van der Waals surface area contributed by atoms with Gasteiger partial charge in [0.15, 0.2) is 12.4 Å². The molecule has 0 spiro atoms. The number of benzene rings is 1. The Morgan fingerprint density at radius 2 is 1.96 bits per heavy atom. The van der Waals surface area contributed by atoms with Crippen LogP contribution in [-0.4, -0.2) is 44.1 Å². The van der Waals surface area contributed by atoms with Gasteiger partial charge in [0.05, 0.1) is 38.9 Å². The lowest BCUT2D eigenvalue weighted by Gasteiger charge is -2.32. The van der Waals surface area contributed by atoms with E-state index in [4.69, 9.17) is 4.74 Å². The molecule has 1 aliphatic rings. The molecule has 3 rings (SSSR count). The number of quaternary nitrogens is 1. The number of ether oxygens (including phenoxy) is 1. The number of rotatable bonds is 4. The fourth-order valence-corrected chi connectivity index (χ4v) is 2.95. The van der Waals surface area contributed by atoms with E-state index in [-0.39, 0.29) is 5.91 Å². The smallest absolute Gasteiger partial charge is 0.254 e. The van der Waals surface area contributed by atoms with Gasteiger partial charge in [0.2, 0.25) is 0 Å². The van der Waals surface area contributed by atoms with E-state index in [0.29, 0.717) is 0 Å². The number of aromatic amines is 1. The van der Waals surface area contributed by atoms with Crippen LogP contribution < -0.4 is 14.6 Å². The van der Waals surface area contributed by atoms with Crippen LogP contribution in [0.4, 0.5) is 0 Å². The van der Waals surface area contributed by atoms with Gasteiger partial charge < -0.3 is 14.5 Å². The average molecular weight is 313 g/mol. The van der Waals surface area contributed by atoms with Crippen LogP contribution in [0.3, 0.4) is 0 Å². The van der Waals surface area contributed by atoms with Crippen LogP contribution in [0.5, 0.6) is 5.75 Å². The van der Waals surface area contributed by atoms with Gasteiger partial charge in [-0.05, 0) is 30.3 Å². The van der Waals surface area contributed by atoms with Crippen LogP contribution in [0, 0.1) is 0 Å². The zero-order chi connectivity index (χ0) is 16.1. The largest absolute Gasteiger partial charge is 0.497 e. The minimum absolute atomic E-state index is 0.111. The maximum Gasteiger partial charge on any atom is 0.254 e. The zero-order valence-corrected chi connectivity index (χ0v) is 13.4. The van der Waals surface area contributed by atoms with Gasteiger partial charge in [-0.2, -0.15) is 0 Å². The lowest BCUT2D eigenvalue weighted by atomic mass is 10.1. The molecule has 1 fully saturated rings. The molecule has 23 heavy (non-hydrogen) atoms. The molecular formula is C18H23N3O2+2. The molecule has 5 nitrogen and oxygen atoms in total. The average Bonchev–Trinajstić information content (AvgIpc) is 2.63. The molecule has 2 heterocycles. The zero-order valence-electron chi connectivity index (χ0n) is 13.4. The maximum absolute atomic E-state index is 12.5. The van der Waals surface area contributed by atoms with Crippen molar-refractivity contribution in [2.45, 2.75) is 6.54 Å². The Morgan fingerprint density at radius 3 is 2.57 bits per heavy atom. The van der Waals surface area contributed by atoms with E-state index >= 15 is 0 Å². The monoisotopic (exact) mass is 313 g/mol. The van der Waals surface area contributed by atoms with Crippen LogP contribution in [0.25, 0.3) is 0 Å². The van der Waals surface area contributed by atoms with Gasteiger partial charge in [-0.3, -0.25) is 4.79 Å². The molecule has 0 unspecified atom stereocenters. The number of hydrogen-bond donors (Lipinski definition) is 1. The van der Waals surface area contributed by atoms with Crippen molar-refractivity contribution in [3.8, 4) is 5.75 Å². The van der Waals surface area contributed by atoms with Crippen molar-refractivity contribution < 1.29 is 19.4 Å². The molecule has 1 aromatic carbocycles. The van der Waals surface area contributed by atoms with Crippen LogP contribution in [-0.2, 0) is 6.54 Å². The van der Waals surface area contributed by atoms with Crippen LogP contribution in [0.1, 0.15) is 15.9 Å². The summed E-state index contributed by atoms with van der Waals surface area (Å²) in [6.45, 7) is 4.57. The quantitative estimate of drug-likeness (QED) is 0.867. The van der Waals surface area contributed by atoms with E-state index in [2.05, 4.69) is 11.1 Å². The lowest BCUT2D eigenvalue weighted by Crippen LogP contribution is -3.13. The van der Waals surface area contributed by atoms with Gasteiger partial charge in [0, 0.05) is 11.6 Å². The Kier molecular flexibility index (Phi) is 4.88. The fourth-order valence-electron chi connectivity index (χ4n) is 2.95. The molecule has 5 heteroatoms. The van der Waals surface area contributed by atoms with Crippen molar-refractivity contribution in [3.05, 3.63) is 59.9 Å². The molecule has 2 N–H and O–H groups in total. The van der Waals surface area contributed by atoms with Crippen molar-refractivity contribution in [2.24, 2.45) is 0 Å². The second-order valence-electron chi connectivity index (χ2n) is 5.86. The van der Waals surface area contributed by atoms with Gasteiger partial charge in [-0.15, -0.1) is 0 Å². The maximum atomic E-state index is 12.5. The van der Waals surface area contributed by atoms with E-state index in [1.807, 2.05) is 47.6 Å². The Hall–Kier alpha value is -2.40. The number of piperazine rings is 1. The fraction of sp³-hybridized carbons (Fsp3) is 0.333. The molecule has 2 aromatic rings. The van der Waals surface area contributed by atoms with E-state index in [1.165, 1.54) is 10.5 Å². The second kappa shape index (κ2) is 7.24. The number of H-pyrrole nitrogens is 1. The summed E-state index contributed by atoms with van der Waals surface area (Å²) in [6, 6.07) is 11.5. The lowest BCUT2D eigenvalue weighted by molar-refractivity contribution is -0.917. The Balaban J connectivity index is 1.54. The highest BCUT2D eigenvalue weighted by atomic mass is 16.5. The highest BCUT2D eigenvalue weighted by Gasteiger charge is 2.24. The number of amides is 1. The molecule has 0 bridgehead atoms. The number of aromatic nitrogens is 1. The predicted molar refractivity (Wildman–Crippen MR) is 86.3 cm³/mol. The summed E-state index contributed by atoms with van der Waals surface area (Å²) in [6.07, 6.45) is 3.96. The number of hydrogen-bond acceptors (Lipinski definition) is 2. The van der Waals surface area contributed by atoms with E-state index in [9.17, 15) is 4.79 Å². The third-order valence-corrected chi connectivity index (χ3v) is 4.32. The third kappa shape index (κ3) is 3.87. The van der Waals surface area contributed by atoms with Gasteiger partial charge >= 0.3 is 0 Å². The number of methoxy groups -OCH3 is 1. The predicted octanol–water partition coefficient (Wildman–Crippen LogP) is 0.0502. The Morgan fingerprint density at radius 1 is 1.22 bits per heavy atom. The first-order chi connectivity index (χ1) is 11.3. The van der Waals surface area contributed by atoms with Crippen molar-refractivity contribution in [1.29, 1.82) is 0 Å². The van der Waals surface area contributed by atoms with E-state index in [1.54, 1.807) is 7.11 Å². The summed E-state index contributed by atoms with van der Waals surface area (Å²) in [4.78, 5) is 19.1. The van der Waals surface area contributed by atoms with Crippen molar-refractivity contribution in [1.82, 2.24) is 4.90 Å². The number of nitrogens with one attached hydrogen (secondary N) is 2. The molecule has 0 aliphatic carbocycles. The summed E-state index contributed by atoms with van der Waals surface area (Å²) in [5, 5.41) is 0. The molecule has 0 atom stereocenters. The number of nitrogens with zero attached hydrogens (tertiary/aromatic N) is 1. The summed E-state index contributed by atoms with van der Waals surface area (Å²) < 4.78 is 5.13. The third-order valence-electron chi connectivity index (χ3n) is 4.32. The minimum atomic E-state index is 0.111. The van der Waals surface area contributed by atoms with Gasteiger partial charge in [-0.1, -0.05) is 0 Å². The molecule has 1 saturated heterocycles. The second-order valence-corrected chi connectivity index (χ2v) is 5.86. The van der Waals surface area contributed by atoms with Crippen molar-refractivity contribution >= 4 is 5.91 Å². The van der Waals surface area contributed by atoms with Gasteiger partial charge in [-0.25, -0.2) is 4.98 Å². The molecule has 1 amide bonds. The molecular weight excluding hydrogens is 290 g/mol. The normalized spacial score (nSPS) is 15.4. The van der Waals surface area contributed by atoms with Gasteiger partial charge in [0.25, 0.3) is 5.91 Å². The Labute approximate surface area is 136 Å². The number of carbonyl (C=O) groups excluding carboxylic acids is 1. The summed E-state index contributed by atoms with van der Waals surface area (Å²) in [5.74, 6) is 0.884. The molecule has 1 aliphatic heterocycles. The Bertz CT molecular complexity index is 635. The van der Waals surface area contributed by atoms with Crippen molar-refractivity contribution in [2.75, 3.05) is 33.3 Å². The van der Waals surface area contributed by atoms with Crippen LogP contribution in [0.2, 0.25) is 0 Å². The van der Waals surface area contributed by atoms with E-state index in [0.717, 1.165) is 44.0 Å². The molecule has 120 valence electrons. The standard InChI is InChI=1S/C18H21N3O2/c1-23-17-6-4-16(5-7-17)18(22)21-11-9-20(10-12-21)14-15-3-2-8-19-13-15/h2-8,13H,9-12,14H2,1H3/p+2. The highest BCUT2D eigenvalue weighted by molar-refractivity contribution is 5.94. The molecule has 0 saturated carbocycles. The van der Waals surface area contributed by atoms with Crippen LogP contribution in [0.15, 0.2) is 48.8 Å². The van der Waals surface area contributed by atoms with Crippen LogP contribution >= 0.6 is 0 Å². The summed E-state index contributed by atoms with van der Waals surface area (Å²) >= 11 is 0. The van der Waals surface area contributed by atoms with E-state index < -0.39 is 0 Å². The van der Waals surface area contributed by atoms with Gasteiger partial charge in [0.1, 0.15) is 12.3 Å². The number of pyridine rings is 1. The highest BCUT2D eigenvalue weighted by Crippen LogP contribution is 2.13. The molecule has 0 radical (unpaired) electrons. The first-order valence-corrected chi connectivity index (χ1v) is 7.98. The SMILES string of the molecule is COc1ccc(C(=O)N2CC[NH+](Cc3ccc[nH+]c3)CC2)cc1. The first kappa shape index (κ1) is 15.5.